The van der Waals surface area contributed by atoms with Gasteiger partial charge in [-0.1, -0.05) is 42.3 Å². The molecule has 0 unspecified atom stereocenters. The van der Waals surface area contributed by atoms with Gasteiger partial charge in [0.05, 0.1) is 12.1 Å². The number of rotatable bonds is 6. The highest BCUT2D eigenvalue weighted by atomic mass is 35.5. The minimum Gasteiger partial charge on any atom is -0.495 e. The third kappa shape index (κ3) is 4.13. The van der Waals surface area contributed by atoms with Crippen molar-refractivity contribution in [3.8, 4) is 16.9 Å². The summed E-state index contributed by atoms with van der Waals surface area (Å²) >= 11 is 12.3. The summed E-state index contributed by atoms with van der Waals surface area (Å²) in [7, 11) is 1.61. The molecule has 0 aliphatic rings. The van der Waals surface area contributed by atoms with Crippen LogP contribution in [0.15, 0.2) is 36.4 Å². The van der Waals surface area contributed by atoms with Crippen molar-refractivity contribution in [3.05, 3.63) is 52.0 Å². The van der Waals surface area contributed by atoms with Gasteiger partial charge >= 0.3 is 0 Å². The Morgan fingerprint density at radius 1 is 1.10 bits per heavy atom. The average molecular weight is 324 g/mol. The van der Waals surface area contributed by atoms with Crippen molar-refractivity contribution in [3.63, 3.8) is 0 Å². The molecule has 2 rings (SSSR count). The van der Waals surface area contributed by atoms with Crippen molar-refractivity contribution in [2.24, 2.45) is 0 Å². The lowest BCUT2D eigenvalue weighted by Crippen LogP contribution is -2.14. The summed E-state index contributed by atoms with van der Waals surface area (Å²) in [6.45, 7) is 3.91. The number of halogens is 2. The van der Waals surface area contributed by atoms with E-state index >= 15 is 0 Å². The molecule has 0 bridgehead atoms. The largest absolute Gasteiger partial charge is 0.495 e. The lowest BCUT2D eigenvalue weighted by Gasteiger charge is -2.13. The second-order valence-electron chi connectivity index (χ2n) is 4.83. The first kappa shape index (κ1) is 16.2. The summed E-state index contributed by atoms with van der Waals surface area (Å²) < 4.78 is 5.20. The molecule has 2 nitrogen and oxygen atoms in total. The number of nitrogens with one attached hydrogen (secondary N) is 1. The normalized spacial score (nSPS) is 10.7. The van der Waals surface area contributed by atoms with E-state index in [2.05, 4.69) is 12.2 Å². The van der Waals surface area contributed by atoms with Crippen LogP contribution in [-0.2, 0) is 6.54 Å². The van der Waals surface area contributed by atoms with E-state index in [1.807, 2.05) is 36.4 Å². The van der Waals surface area contributed by atoms with Gasteiger partial charge in [-0.2, -0.15) is 0 Å². The molecular weight excluding hydrogens is 305 g/mol. The number of hydrogen-bond acceptors (Lipinski definition) is 2. The SMILES string of the molecule is CCCNCc1cc(Cl)ccc1-c1ccc(OC)c(Cl)c1. The first-order valence-electron chi connectivity index (χ1n) is 6.98. The van der Waals surface area contributed by atoms with Gasteiger partial charge in [0.25, 0.3) is 0 Å². The first-order chi connectivity index (χ1) is 10.2. The number of methoxy groups -OCH3 is 1. The van der Waals surface area contributed by atoms with Crippen molar-refractivity contribution in [1.82, 2.24) is 5.32 Å². The van der Waals surface area contributed by atoms with Gasteiger partial charge in [0, 0.05) is 11.6 Å². The van der Waals surface area contributed by atoms with Gasteiger partial charge in [-0.05, 0) is 53.9 Å². The van der Waals surface area contributed by atoms with Crippen molar-refractivity contribution in [1.29, 1.82) is 0 Å². The standard InChI is InChI=1S/C17H19Cl2NO/c1-3-8-20-11-13-9-14(18)5-6-15(13)12-4-7-17(21-2)16(19)10-12/h4-7,9-10,20H,3,8,11H2,1-2H3. The van der Waals surface area contributed by atoms with Crippen LogP contribution in [0.5, 0.6) is 5.75 Å². The molecule has 112 valence electrons. The molecule has 1 N–H and O–H groups in total. The molecule has 21 heavy (non-hydrogen) atoms. The summed E-state index contributed by atoms with van der Waals surface area (Å²) in [4.78, 5) is 0. The zero-order chi connectivity index (χ0) is 15.2. The Bertz CT molecular complexity index is 614. The molecular formula is C17H19Cl2NO. The minimum atomic E-state index is 0.609. The fourth-order valence-corrected chi connectivity index (χ4v) is 2.68. The van der Waals surface area contributed by atoms with E-state index in [4.69, 9.17) is 27.9 Å². The highest BCUT2D eigenvalue weighted by molar-refractivity contribution is 6.32. The predicted octanol–water partition coefficient (Wildman–Crippen LogP) is 5.17. The first-order valence-corrected chi connectivity index (χ1v) is 7.74. The van der Waals surface area contributed by atoms with Gasteiger partial charge < -0.3 is 10.1 Å². The highest BCUT2D eigenvalue weighted by Gasteiger charge is 2.09. The second kappa shape index (κ2) is 7.69. The maximum atomic E-state index is 6.22. The van der Waals surface area contributed by atoms with Crippen LogP contribution in [0.4, 0.5) is 0 Å². The number of benzene rings is 2. The Labute approximate surface area is 136 Å². The third-order valence-electron chi connectivity index (χ3n) is 3.27. The number of ether oxygens (including phenoxy) is 1. The summed E-state index contributed by atoms with van der Waals surface area (Å²) in [6.07, 6.45) is 1.10. The fourth-order valence-electron chi connectivity index (χ4n) is 2.22. The van der Waals surface area contributed by atoms with Crippen molar-refractivity contribution < 1.29 is 4.74 Å². The van der Waals surface area contributed by atoms with Gasteiger partial charge in [0.1, 0.15) is 5.75 Å². The molecule has 0 aliphatic heterocycles. The quantitative estimate of drug-likeness (QED) is 0.740. The molecule has 0 saturated carbocycles. The molecule has 2 aromatic carbocycles. The zero-order valence-electron chi connectivity index (χ0n) is 12.2. The van der Waals surface area contributed by atoms with Crippen LogP contribution >= 0.6 is 23.2 Å². The van der Waals surface area contributed by atoms with Crippen LogP contribution in [0.2, 0.25) is 10.0 Å². The van der Waals surface area contributed by atoms with E-state index in [1.165, 1.54) is 0 Å². The van der Waals surface area contributed by atoms with E-state index < -0.39 is 0 Å². The molecule has 4 heteroatoms. The maximum absolute atomic E-state index is 6.22. The van der Waals surface area contributed by atoms with Gasteiger partial charge in [0.2, 0.25) is 0 Å². The topological polar surface area (TPSA) is 21.3 Å². The molecule has 2 aromatic rings. The maximum Gasteiger partial charge on any atom is 0.137 e. The molecule has 0 spiro atoms. The highest BCUT2D eigenvalue weighted by Crippen LogP contribution is 2.32. The van der Waals surface area contributed by atoms with E-state index in [0.29, 0.717) is 10.8 Å². The summed E-state index contributed by atoms with van der Waals surface area (Å²) in [5, 5.41) is 4.76. The second-order valence-corrected chi connectivity index (χ2v) is 5.67. The predicted molar refractivity (Wildman–Crippen MR) is 90.4 cm³/mol. The molecule has 0 saturated heterocycles. The van der Waals surface area contributed by atoms with Gasteiger partial charge in [-0.15, -0.1) is 0 Å². The minimum absolute atomic E-state index is 0.609. The van der Waals surface area contributed by atoms with E-state index in [1.54, 1.807) is 7.11 Å². The molecule has 0 aliphatic carbocycles. The van der Waals surface area contributed by atoms with Gasteiger partial charge in [-0.25, -0.2) is 0 Å². The van der Waals surface area contributed by atoms with Crippen molar-refractivity contribution in [2.45, 2.75) is 19.9 Å². The molecule has 0 heterocycles. The molecule has 0 atom stereocenters. The lowest BCUT2D eigenvalue weighted by molar-refractivity contribution is 0.415. The van der Waals surface area contributed by atoms with Crippen LogP contribution in [0, 0.1) is 0 Å². The summed E-state index contributed by atoms with van der Waals surface area (Å²) in [6, 6.07) is 11.7. The third-order valence-corrected chi connectivity index (χ3v) is 3.80. The van der Waals surface area contributed by atoms with E-state index in [9.17, 15) is 0 Å². The average Bonchev–Trinajstić information content (AvgIpc) is 2.47. The van der Waals surface area contributed by atoms with Crippen LogP contribution in [0.25, 0.3) is 11.1 Å². The van der Waals surface area contributed by atoms with Gasteiger partial charge in [-0.3, -0.25) is 0 Å². The smallest absolute Gasteiger partial charge is 0.137 e. The Balaban J connectivity index is 2.35. The molecule has 0 radical (unpaired) electrons. The fraction of sp³-hybridized carbons (Fsp3) is 0.294. The zero-order valence-corrected chi connectivity index (χ0v) is 13.8. The van der Waals surface area contributed by atoms with Crippen molar-refractivity contribution in [2.75, 3.05) is 13.7 Å². The van der Waals surface area contributed by atoms with Gasteiger partial charge in [0.15, 0.2) is 0 Å². The van der Waals surface area contributed by atoms with Crippen LogP contribution in [0.1, 0.15) is 18.9 Å². The Hall–Kier alpha value is -1.22. The van der Waals surface area contributed by atoms with Crippen LogP contribution in [0.3, 0.4) is 0 Å². The van der Waals surface area contributed by atoms with Crippen molar-refractivity contribution >= 4 is 23.2 Å². The molecule has 0 amide bonds. The van der Waals surface area contributed by atoms with E-state index in [0.717, 1.165) is 41.2 Å². The van der Waals surface area contributed by atoms with Crippen LogP contribution < -0.4 is 10.1 Å². The van der Waals surface area contributed by atoms with Crippen LogP contribution in [-0.4, -0.2) is 13.7 Å². The van der Waals surface area contributed by atoms with E-state index in [-0.39, 0.29) is 0 Å². The Kier molecular flexibility index (Phi) is 5.92. The Morgan fingerprint density at radius 2 is 1.90 bits per heavy atom. The molecule has 0 aromatic heterocycles. The number of hydrogen-bond donors (Lipinski definition) is 1. The monoisotopic (exact) mass is 323 g/mol. The lowest BCUT2D eigenvalue weighted by atomic mass is 9.99. The Morgan fingerprint density at radius 3 is 2.57 bits per heavy atom. The summed E-state index contributed by atoms with van der Waals surface area (Å²) in [5.74, 6) is 0.681. The molecule has 0 fully saturated rings. The summed E-state index contributed by atoms with van der Waals surface area (Å²) in [5.41, 5.74) is 3.36.